The van der Waals surface area contributed by atoms with Gasteiger partial charge in [-0.05, 0) is 92.6 Å². The van der Waals surface area contributed by atoms with E-state index >= 15 is 0 Å². The van der Waals surface area contributed by atoms with Gasteiger partial charge in [0.15, 0.2) is 5.11 Å². The minimum atomic E-state index is -0.0870. The summed E-state index contributed by atoms with van der Waals surface area (Å²) in [5.74, 6) is 0.957. The van der Waals surface area contributed by atoms with Crippen molar-refractivity contribution in [1.29, 1.82) is 0 Å². The van der Waals surface area contributed by atoms with E-state index < -0.39 is 0 Å². The number of benzene rings is 1. The largest absolute Gasteiger partial charge is 0.378 e. The Morgan fingerprint density at radius 3 is 2.31 bits per heavy atom. The summed E-state index contributed by atoms with van der Waals surface area (Å²) in [6.45, 7) is 6.40. The molecule has 4 aromatic rings. The van der Waals surface area contributed by atoms with Crippen LogP contribution in [0.4, 0.5) is 11.4 Å². The summed E-state index contributed by atoms with van der Waals surface area (Å²) in [4.78, 5) is 13.7. The van der Waals surface area contributed by atoms with Crippen molar-refractivity contribution < 1.29 is 0 Å². The number of pyridine rings is 2. The van der Waals surface area contributed by atoms with E-state index in [0.717, 1.165) is 39.8 Å². The quantitative estimate of drug-likeness (QED) is 0.383. The van der Waals surface area contributed by atoms with Crippen LogP contribution in [0.3, 0.4) is 0 Å². The highest BCUT2D eigenvalue weighted by atomic mass is 32.1. The van der Waals surface area contributed by atoms with Crippen LogP contribution in [-0.2, 0) is 0 Å². The number of anilines is 2. The smallest absolute Gasteiger partial charge is 0.174 e. The molecule has 35 heavy (non-hydrogen) atoms. The zero-order valence-electron chi connectivity index (χ0n) is 20.7. The summed E-state index contributed by atoms with van der Waals surface area (Å²) in [6.07, 6.45) is 3.69. The second-order valence-corrected chi connectivity index (χ2v) is 9.60. The Bertz CT molecular complexity index is 1360. The summed E-state index contributed by atoms with van der Waals surface area (Å²) in [7, 11) is 4.09. The fourth-order valence-electron chi connectivity index (χ4n) is 4.98. The second-order valence-electron chi connectivity index (χ2n) is 9.21. The summed E-state index contributed by atoms with van der Waals surface area (Å²) in [5.41, 5.74) is 7.79. The molecule has 7 heteroatoms. The highest BCUT2D eigenvalue weighted by Crippen LogP contribution is 2.44. The van der Waals surface area contributed by atoms with Crippen LogP contribution in [0.15, 0.2) is 73.1 Å². The van der Waals surface area contributed by atoms with Crippen LogP contribution in [0.1, 0.15) is 40.3 Å². The van der Waals surface area contributed by atoms with Crippen molar-refractivity contribution in [3.63, 3.8) is 0 Å². The molecule has 2 unspecified atom stereocenters. The first-order valence-corrected chi connectivity index (χ1v) is 12.2. The molecule has 5 rings (SSSR count). The molecule has 178 valence electrons. The number of nitrogens with zero attached hydrogens (tertiary/aromatic N) is 5. The van der Waals surface area contributed by atoms with E-state index in [1.54, 1.807) is 0 Å². The molecule has 0 saturated carbocycles. The van der Waals surface area contributed by atoms with E-state index in [1.165, 1.54) is 5.56 Å². The van der Waals surface area contributed by atoms with E-state index in [0.29, 0.717) is 5.11 Å². The van der Waals surface area contributed by atoms with Crippen LogP contribution in [0.2, 0.25) is 0 Å². The molecule has 0 radical (unpaired) electrons. The van der Waals surface area contributed by atoms with Gasteiger partial charge in [-0.25, -0.2) is 4.98 Å². The molecule has 0 spiro atoms. The van der Waals surface area contributed by atoms with Crippen molar-refractivity contribution >= 4 is 28.7 Å². The van der Waals surface area contributed by atoms with Crippen molar-refractivity contribution in [3.8, 4) is 5.82 Å². The molecule has 1 aliphatic heterocycles. The molecule has 0 amide bonds. The minimum Gasteiger partial charge on any atom is -0.378 e. The zero-order valence-corrected chi connectivity index (χ0v) is 21.5. The van der Waals surface area contributed by atoms with Gasteiger partial charge in [0, 0.05) is 49.3 Å². The Balaban J connectivity index is 1.67. The lowest BCUT2D eigenvalue weighted by Gasteiger charge is -2.28. The zero-order chi connectivity index (χ0) is 24.7. The maximum Gasteiger partial charge on any atom is 0.174 e. The predicted octanol–water partition coefficient (Wildman–Crippen LogP) is 5.44. The molecule has 3 aromatic heterocycles. The average Bonchev–Trinajstić information content (AvgIpc) is 3.35. The normalized spacial score (nSPS) is 17.5. The third-order valence-corrected chi connectivity index (χ3v) is 7.04. The number of nitrogens with one attached hydrogen (secondary N) is 1. The molecule has 1 aliphatic rings. The van der Waals surface area contributed by atoms with Gasteiger partial charge in [-0.1, -0.05) is 12.1 Å². The first kappa shape index (κ1) is 23.1. The molecular weight excluding hydrogens is 452 g/mol. The lowest BCUT2D eigenvalue weighted by molar-refractivity contribution is 0.565. The fourth-order valence-corrected chi connectivity index (χ4v) is 5.33. The summed E-state index contributed by atoms with van der Waals surface area (Å²) >= 11 is 5.92. The maximum absolute atomic E-state index is 5.92. The predicted molar refractivity (Wildman–Crippen MR) is 146 cm³/mol. The number of aromatic nitrogens is 3. The number of aryl methyl sites for hydroxylation is 2. The molecule has 0 bridgehead atoms. The van der Waals surface area contributed by atoms with Crippen molar-refractivity contribution in [1.82, 2.24) is 19.9 Å². The Kier molecular flexibility index (Phi) is 6.03. The van der Waals surface area contributed by atoms with E-state index in [2.05, 4.69) is 82.9 Å². The van der Waals surface area contributed by atoms with Gasteiger partial charge in [-0.15, -0.1) is 0 Å². The van der Waals surface area contributed by atoms with Crippen molar-refractivity contribution in [2.45, 2.75) is 32.9 Å². The van der Waals surface area contributed by atoms with Gasteiger partial charge in [-0.2, -0.15) is 0 Å². The van der Waals surface area contributed by atoms with Gasteiger partial charge < -0.3 is 19.7 Å². The number of hydrogen-bond donors (Lipinski definition) is 1. The minimum absolute atomic E-state index is 0.0634. The van der Waals surface area contributed by atoms with Crippen LogP contribution >= 0.6 is 12.2 Å². The lowest BCUT2D eigenvalue weighted by atomic mass is 9.96. The Morgan fingerprint density at radius 1 is 0.914 bits per heavy atom. The van der Waals surface area contributed by atoms with E-state index in [-0.39, 0.29) is 12.1 Å². The van der Waals surface area contributed by atoms with Crippen LogP contribution in [0, 0.1) is 20.8 Å². The standard InChI is InChI=1S/C28H30N6S/c1-18-9-8-16-30-27(18)33-19(2)17-23(20(33)3)26-25(24-10-6-7-15-29-24)31-28(35)34(26)22-13-11-21(12-14-22)32(4)5/h6-17,25-26H,1-5H3,(H,31,35). The molecule has 6 nitrogen and oxygen atoms in total. The van der Waals surface area contributed by atoms with Crippen molar-refractivity contribution in [2.75, 3.05) is 23.9 Å². The second kappa shape index (κ2) is 9.15. The molecule has 1 fully saturated rings. The number of thiocarbonyl (C=S) groups is 1. The van der Waals surface area contributed by atoms with E-state index in [4.69, 9.17) is 22.2 Å². The van der Waals surface area contributed by atoms with Gasteiger partial charge in [0.2, 0.25) is 0 Å². The van der Waals surface area contributed by atoms with Gasteiger partial charge in [0.25, 0.3) is 0 Å². The molecule has 1 aromatic carbocycles. The van der Waals surface area contributed by atoms with Crippen molar-refractivity contribution in [2.24, 2.45) is 0 Å². The first-order valence-electron chi connectivity index (χ1n) is 11.8. The molecule has 1 saturated heterocycles. The highest BCUT2D eigenvalue weighted by Gasteiger charge is 2.42. The highest BCUT2D eigenvalue weighted by molar-refractivity contribution is 7.80. The molecule has 0 aliphatic carbocycles. The Hall–Kier alpha value is -3.71. The van der Waals surface area contributed by atoms with Crippen LogP contribution in [0.25, 0.3) is 5.82 Å². The summed E-state index contributed by atoms with van der Waals surface area (Å²) < 4.78 is 2.24. The molecule has 1 N–H and O–H groups in total. The van der Waals surface area contributed by atoms with Gasteiger partial charge >= 0.3 is 0 Å². The number of rotatable bonds is 5. The van der Waals surface area contributed by atoms with E-state index in [1.807, 2.05) is 44.7 Å². The monoisotopic (exact) mass is 482 g/mol. The van der Waals surface area contributed by atoms with Crippen LogP contribution in [-0.4, -0.2) is 33.7 Å². The van der Waals surface area contributed by atoms with Crippen molar-refractivity contribution in [3.05, 3.63) is 101 Å². The van der Waals surface area contributed by atoms with Gasteiger partial charge in [0.1, 0.15) is 5.82 Å². The fraction of sp³-hybridized carbons (Fsp3) is 0.250. The van der Waals surface area contributed by atoms with E-state index in [9.17, 15) is 0 Å². The maximum atomic E-state index is 5.92. The summed E-state index contributed by atoms with van der Waals surface area (Å²) in [5, 5.41) is 4.27. The van der Waals surface area contributed by atoms with Crippen LogP contribution in [0.5, 0.6) is 0 Å². The van der Waals surface area contributed by atoms with Crippen LogP contribution < -0.4 is 15.1 Å². The first-order chi connectivity index (χ1) is 16.9. The third-order valence-electron chi connectivity index (χ3n) is 6.72. The Labute approximate surface area is 212 Å². The third kappa shape index (κ3) is 4.06. The molecule has 4 heterocycles. The molecular formula is C28H30N6S. The summed E-state index contributed by atoms with van der Waals surface area (Å²) in [6, 6.07) is 20.8. The van der Waals surface area contributed by atoms with Gasteiger partial charge in [0.05, 0.1) is 17.8 Å². The lowest BCUT2D eigenvalue weighted by Crippen LogP contribution is -2.29. The SMILES string of the molecule is Cc1cccnc1-n1c(C)cc(C2C(c3ccccn3)NC(=S)N2c2ccc(N(C)C)cc2)c1C. The Morgan fingerprint density at radius 2 is 1.66 bits per heavy atom. The number of hydrogen-bond acceptors (Lipinski definition) is 4. The molecule has 2 atom stereocenters. The average molecular weight is 483 g/mol. The topological polar surface area (TPSA) is 49.2 Å². The van der Waals surface area contributed by atoms with Gasteiger partial charge in [-0.3, -0.25) is 4.98 Å².